The van der Waals surface area contributed by atoms with Crippen molar-refractivity contribution in [2.24, 2.45) is 0 Å². The van der Waals surface area contributed by atoms with Gasteiger partial charge in [-0.1, -0.05) is 67.6 Å². The third-order valence-electron chi connectivity index (χ3n) is 6.03. The SMILES string of the molecule is CCc1c(I)c(C(=O)O)cc(OC)c1OCc1ccccc1.COc1cc(C(=O)O)c(I)cc1OCc1ccccc1. The van der Waals surface area contributed by atoms with Crippen molar-refractivity contribution in [3.05, 3.63) is 114 Å². The predicted octanol–water partition coefficient (Wildman–Crippen LogP) is 7.72. The lowest BCUT2D eigenvalue weighted by atomic mass is 10.1. The van der Waals surface area contributed by atoms with E-state index < -0.39 is 11.9 Å². The molecule has 0 heterocycles. The van der Waals surface area contributed by atoms with E-state index in [-0.39, 0.29) is 11.1 Å². The Balaban J connectivity index is 0.000000231. The molecule has 0 aliphatic carbocycles. The Kier molecular flexibility index (Phi) is 12.7. The van der Waals surface area contributed by atoms with E-state index >= 15 is 0 Å². The minimum atomic E-state index is -0.984. The number of aromatic carboxylic acids is 2. The van der Waals surface area contributed by atoms with Crippen molar-refractivity contribution in [3.63, 3.8) is 0 Å². The first kappa shape index (κ1) is 33.0. The highest BCUT2D eigenvalue weighted by Gasteiger charge is 2.21. The molecule has 2 N–H and O–H groups in total. The molecule has 0 atom stereocenters. The molecule has 0 unspecified atom stereocenters. The van der Waals surface area contributed by atoms with Crippen LogP contribution >= 0.6 is 45.2 Å². The van der Waals surface area contributed by atoms with Crippen LogP contribution in [0.3, 0.4) is 0 Å². The molecule has 10 heteroatoms. The maximum atomic E-state index is 11.3. The van der Waals surface area contributed by atoms with E-state index in [1.54, 1.807) is 6.07 Å². The molecule has 4 aromatic rings. The predicted molar refractivity (Wildman–Crippen MR) is 176 cm³/mol. The Morgan fingerprint density at radius 3 is 1.67 bits per heavy atom. The van der Waals surface area contributed by atoms with Crippen LogP contribution in [0.1, 0.15) is 44.3 Å². The van der Waals surface area contributed by atoms with Gasteiger partial charge in [0.05, 0.1) is 25.3 Å². The fourth-order valence-corrected chi connectivity index (χ4v) is 5.57. The van der Waals surface area contributed by atoms with Crippen molar-refractivity contribution in [2.75, 3.05) is 14.2 Å². The average molecular weight is 796 g/mol. The highest BCUT2D eigenvalue weighted by molar-refractivity contribution is 14.1. The van der Waals surface area contributed by atoms with Crippen LogP contribution in [0.25, 0.3) is 0 Å². The zero-order valence-corrected chi connectivity index (χ0v) is 27.5. The highest BCUT2D eigenvalue weighted by Crippen LogP contribution is 2.38. The molecule has 0 spiro atoms. The van der Waals surface area contributed by atoms with Gasteiger partial charge in [-0.05, 0) is 80.9 Å². The Labute approximate surface area is 271 Å². The first-order valence-electron chi connectivity index (χ1n) is 12.8. The molecule has 0 aliphatic rings. The van der Waals surface area contributed by atoms with Crippen LogP contribution < -0.4 is 18.9 Å². The minimum absolute atomic E-state index is 0.203. The Morgan fingerprint density at radius 1 is 0.690 bits per heavy atom. The van der Waals surface area contributed by atoms with Crippen molar-refractivity contribution in [2.45, 2.75) is 26.6 Å². The number of carboxylic acid groups (broad SMARTS) is 2. The van der Waals surface area contributed by atoms with Crippen LogP contribution in [0.5, 0.6) is 23.0 Å². The molecule has 0 amide bonds. The molecule has 0 radical (unpaired) electrons. The lowest BCUT2D eigenvalue weighted by molar-refractivity contribution is 0.0684. The van der Waals surface area contributed by atoms with E-state index in [1.165, 1.54) is 26.4 Å². The smallest absolute Gasteiger partial charge is 0.336 e. The van der Waals surface area contributed by atoms with E-state index in [4.69, 9.17) is 24.1 Å². The van der Waals surface area contributed by atoms with Gasteiger partial charge in [-0.3, -0.25) is 0 Å². The molecule has 42 heavy (non-hydrogen) atoms. The quantitative estimate of drug-likeness (QED) is 0.149. The third kappa shape index (κ3) is 8.74. The van der Waals surface area contributed by atoms with Crippen molar-refractivity contribution in [1.82, 2.24) is 0 Å². The first-order valence-corrected chi connectivity index (χ1v) is 14.9. The lowest BCUT2D eigenvalue weighted by Crippen LogP contribution is -2.08. The van der Waals surface area contributed by atoms with Gasteiger partial charge in [0.2, 0.25) is 0 Å². The molecule has 4 rings (SSSR count). The van der Waals surface area contributed by atoms with Crippen LogP contribution in [0, 0.1) is 7.14 Å². The molecular formula is C32H30I2O8. The number of rotatable bonds is 11. The van der Waals surface area contributed by atoms with Crippen molar-refractivity contribution < 1.29 is 38.7 Å². The maximum absolute atomic E-state index is 11.3. The van der Waals surface area contributed by atoms with Gasteiger partial charge in [0.25, 0.3) is 0 Å². The molecule has 0 saturated heterocycles. The van der Waals surface area contributed by atoms with E-state index in [9.17, 15) is 14.7 Å². The number of benzene rings is 4. The summed E-state index contributed by atoms with van der Waals surface area (Å²) in [4.78, 5) is 22.4. The number of hydrogen-bond acceptors (Lipinski definition) is 6. The summed E-state index contributed by atoms with van der Waals surface area (Å²) in [5, 5.41) is 18.4. The fraction of sp³-hybridized carbons (Fsp3) is 0.188. The molecular weight excluding hydrogens is 766 g/mol. The van der Waals surface area contributed by atoms with Gasteiger partial charge < -0.3 is 29.2 Å². The second-order valence-corrected chi connectivity index (χ2v) is 11.0. The number of halogens is 2. The summed E-state index contributed by atoms with van der Waals surface area (Å²) in [5.74, 6) is 0.0627. The summed E-state index contributed by atoms with van der Waals surface area (Å²) in [6.07, 6.45) is 0.667. The normalized spacial score (nSPS) is 10.2. The number of hydrogen-bond donors (Lipinski definition) is 2. The van der Waals surface area contributed by atoms with Gasteiger partial charge in [-0.15, -0.1) is 0 Å². The standard InChI is InChI=1S/C17H17IO4.C15H13IO4/c1-3-12-15(18)13(17(19)20)9-14(21-2)16(12)22-10-11-7-5-4-6-8-11;1-19-13-7-11(15(17)18)12(16)8-14(13)20-9-10-5-3-2-4-6-10/h4-9H,3,10H2,1-2H3,(H,19,20);2-8H,9H2,1H3,(H,17,18). The Hall–Kier alpha value is -3.52. The van der Waals surface area contributed by atoms with E-state index in [0.29, 0.717) is 49.8 Å². The van der Waals surface area contributed by atoms with E-state index in [1.807, 2.05) is 90.2 Å². The van der Waals surface area contributed by atoms with Gasteiger partial charge in [0, 0.05) is 12.7 Å². The monoisotopic (exact) mass is 796 g/mol. The molecule has 0 bridgehead atoms. The lowest BCUT2D eigenvalue weighted by Gasteiger charge is -2.17. The van der Waals surface area contributed by atoms with Crippen LogP contribution in [0.2, 0.25) is 0 Å². The average Bonchev–Trinajstić information content (AvgIpc) is 3.00. The molecule has 8 nitrogen and oxygen atoms in total. The molecule has 220 valence electrons. The summed E-state index contributed by atoms with van der Waals surface area (Å²) in [7, 11) is 3.01. The molecule has 4 aromatic carbocycles. The molecule has 0 saturated carbocycles. The molecule has 0 aromatic heterocycles. The Morgan fingerprint density at radius 2 is 1.19 bits per heavy atom. The van der Waals surface area contributed by atoms with Gasteiger partial charge in [-0.2, -0.15) is 0 Å². The number of methoxy groups -OCH3 is 2. The second kappa shape index (κ2) is 16.2. The van der Waals surface area contributed by atoms with Crippen LogP contribution in [0.15, 0.2) is 78.9 Å². The summed E-state index contributed by atoms with van der Waals surface area (Å²) < 4.78 is 23.5. The zero-order valence-electron chi connectivity index (χ0n) is 23.2. The van der Waals surface area contributed by atoms with Crippen LogP contribution in [-0.4, -0.2) is 36.4 Å². The second-order valence-electron chi connectivity index (χ2n) is 8.74. The largest absolute Gasteiger partial charge is 0.493 e. The van der Waals surface area contributed by atoms with Gasteiger partial charge in [0.1, 0.15) is 13.2 Å². The van der Waals surface area contributed by atoms with Crippen LogP contribution in [0.4, 0.5) is 0 Å². The summed E-state index contributed by atoms with van der Waals surface area (Å²) in [5.41, 5.74) is 3.37. The van der Waals surface area contributed by atoms with E-state index in [0.717, 1.165) is 16.7 Å². The van der Waals surface area contributed by atoms with Gasteiger partial charge in [0.15, 0.2) is 23.0 Å². The van der Waals surface area contributed by atoms with E-state index in [2.05, 4.69) is 22.6 Å². The van der Waals surface area contributed by atoms with Crippen molar-refractivity contribution >= 4 is 57.1 Å². The third-order valence-corrected chi connectivity index (χ3v) is 8.15. The first-order chi connectivity index (χ1) is 20.2. The highest BCUT2D eigenvalue weighted by atomic mass is 127. The topological polar surface area (TPSA) is 112 Å². The number of carboxylic acids is 2. The summed E-state index contributed by atoms with van der Waals surface area (Å²) >= 11 is 4.03. The maximum Gasteiger partial charge on any atom is 0.336 e. The molecule has 0 fully saturated rings. The minimum Gasteiger partial charge on any atom is -0.493 e. The molecule has 0 aliphatic heterocycles. The van der Waals surface area contributed by atoms with Crippen molar-refractivity contribution in [3.8, 4) is 23.0 Å². The summed E-state index contributed by atoms with van der Waals surface area (Å²) in [6.45, 7) is 2.78. The van der Waals surface area contributed by atoms with Crippen LogP contribution in [-0.2, 0) is 19.6 Å². The number of ether oxygens (including phenoxy) is 4. The Bertz CT molecular complexity index is 1510. The van der Waals surface area contributed by atoms with Gasteiger partial charge >= 0.3 is 11.9 Å². The van der Waals surface area contributed by atoms with Gasteiger partial charge in [-0.25, -0.2) is 9.59 Å². The summed E-state index contributed by atoms with van der Waals surface area (Å²) in [6, 6.07) is 24.2. The number of carbonyl (C=O) groups is 2. The zero-order chi connectivity index (χ0) is 30.6. The van der Waals surface area contributed by atoms with Crippen molar-refractivity contribution in [1.29, 1.82) is 0 Å². The fourth-order valence-electron chi connectivity index (χ4n) is 3.89.